The molecule has 1 amide bonds. The van der Waals surface area contributed by atoms with Crippen molar-refractivity contribution in [2.24, 2.45) is 0 Å². The highest BCUT2D eigenvalue weighted by molar-refractivity contribution is 5.76. The van der Waals surface area contributed by atoms with E-state index in [0.717, 1.165) is 14.7 Å². The summed E-state index contributed by atoms with van der Waals surface area (Å²) in [7, 11) is 0. The van der Waals surface area contributed by atoms with Crippen molar-refractivity contribution < 1.29 is 9.18 Å². The average molecular weight is 395 g/mol. The van der Waals surface area contributed by atoms with E-state index in [-0.39, 0.29) is 12.5 Å². The van der Waals surface area contributed by atoms with E-state index in [4.69, 9.17) is 0 Å². The van der Waals surface area contributed by atoms with Crippen LogP contribution in [0.2, 0.25) is 0 Å². The molecule has 6 nitrogen and oxygen atoms in total. The van der Waals surface area contributed by atoms with Crippen molar-refractivity contribution in [3.05, 3.63) is 98.6 Å². The van der Waals surface area contributed by atoms with E-state index in [1.807, 2.05) is 37.3 Å². The fourth-order valence-electron chi connectivity index (χ4n) is 3.09. The third-order valence-corrected chi connectivity index (χ3v) is 4.75. The molecular weight excluding hydrogens is 373 g/mol. The summed E-state index contributed by atoms with van der Waals surface area (Å²) in [5, 5.41) is 0. The van der Waals surface area contributed by atoms with Crippen LogP contribution in [0.3, 0.4) is 0 Å². The number of carbonyl (C=O) groups is 1. The van der Waals surface area contributed by atoms with Crippen LogP contribution in [0.4, 0.5) is 4.39 Å². The predicted octanol–water partition coefficient (Wildman–Crippen LogP) is 2.50. The largest absolute Gasteiger partial charge is 0.337 e. The Morgan fingerprint density at radius 3 is 2.45 bits per heavy atom. The first kappa shape index (κ1) is 20.3. The van der Waals surface area contributed by atoms with E-state index in [1.54, 1.807) is 11.8 Å². The molecule has 0 fully saturated rings. The van der Waals surface area contributed by atoms with E-state index in [9.17, 15) is 18.8 Å². The smallest absolute Gasteiger partial charge is 0.320 e. The quantitative estimate of drug-likeness (QED) is 0.603. The van der Waals surface area contributed by atoms with Gasteiger partial charge in [-0.3, -0.25) is 23.5 Å². The number of benzene rings is 2. The maximum Gasteiger partial charge on any atom is 0.320 e. The van der Waals surface area contributed by atoms with Crippen LogP contribution in [0, 0.1) is 12.7 Å². The lowest BCUT2D eigenvalue weighted by Crippen LogP contribution is -2.43. The monoisotopic (exact) mass is 395 g/mol. The maximum absolute atomic E-state index is 13.6. The Labute approximate surface area is 167 Å². The molecule has 0 aliphatic rings. The molecule has 0 bridgehead atoms. The van der Waals surface area contributed by atoms with Crippen molar-refractivity contribution in [2.75, 3.05) is 6.54 Å². The first-order valence-corrected chi connectivity index (χ1v) is 9.31. The molecule has 0 atom stereocenters. The average Bonchev–Trinajstić information content (AvgIpc) is 2.72. The first-order valence-electron chi connectivity index (χ1n) is 9.31. The molecule has 0 saturated heterocycles. The van der Waals surface area contributed by atoms with Gasteiger partial charge >= 0.3 is 11.1 Å². The molecule has 0 N–H and O–H groups in total. The molecule has 1 heterocycles. The number of halogens is 1. The van der Waals surface area contributed by atoms with Gasteiger partial charge in [-0.2, -0.15) is 0 Å². The molecule has 2 aromatic carbocycles. The SMILES string of the molecule is CCN(Cc1ccccc1)C(=O)Cn1ccn(-c2cc(F)ccc2C)c(=O)c1=O. The zero-order chi connectivity index (χ0) is 21.0. The molecule has 29 heavy (non-hydrogen) atoms. The molecule has 0 saturated carbocycles. The second kappa shape index (κ2) is 8.68. The number of hydrogen-bond acceptors (Lipinski definition) is 3. The summed E-state index contributed by atoms with van der Waals surface area (Å²) in [5.74, 6) is -0.770. The summed E-state index contributed by atoms with van der Waals surface area (Å²) >= 11 is 0. The Hall–Kier alpha value is -3.48. The third kappa shape index (κ3) is 4.51. The van der Waals surface area contributed by atoms with Gasteiger partial charge in [0, 0.05) is 25.5 Å². The second-order valence-corrected chi connectivity index (χ2v) is 6.73. The molecule has 3 rings (SSSR count). The predicted molar refractivity (Wildman–Crippen MR) is 109 cm³/mol. The zero-order valence-electron chi connectivity index (χ0n) is 16.3. The lowest BCUT2D eigenvalue weighted by atomic mass is 10.2. The Morgan fingerprint density at radius 2 is 1.76 bits per heavy atom. The number of likely N-dealkylation sites (N-methyl/N-ethyl adjacent to an activating group) is 1. The Balaban J connectivity index is 1.85. The number of hydrogen-bond donors (Lipinski definition) is 0. The van der Waals surface area contributed by atoms with Crippen molar-refractivity contribution in [2.45, 2.75) is 26.9 Å². The van der Waals surface area contributed by atoms with Gasteiger partial charge in [-0.25, -0.2) is 4.39 Å². The van der Waals surface area contributed by atoms with Gasteiger partial charge in [-0.15, -0.1) is 0 Å². The van der Waals surface area contributed by atoms with Gasteiger partial charge in [0.25, 0.3) is 0 Å². The highest BCUT2D eigenvalue weighted by Crippen LogP contribution is 2.13. The van der Waals surface area contributed by atoms with Crippen molar-refractivity contribution in [1.82, 2.24) is 14.0 Å². The third-order valence-electron chi connectivity index (χ3n) is 4.75. The lowest BCUT2D eigenvalue weighted by Gasteiger charge is -2.21. The van der Waals surface area contributed by atoms with E-state index >= 15 is 0 Å². The molecular formula is C22H22FN3O3. The summed E-state index contributed by atoms with van der Waals surface area (Å²) in [6.45, 7) is 4.23. The topological polar surface area (TPSA) is 64.3 Å². The summed E-state index contributed by atoms with van der Waals surface area (Å²) in [6, 6.07) is 13.6. The van der Waals surface area contributed by atoms with Gasteiger partial charge in [0.2, 0.25) is 5.91 Å². The van der Waals surface area contributed by atoms with E-state index in [2.05, 4.69) is 0 Å². The molecule has 0 radical (unpaired) electrons. The zero-order valence-corrected chi connectivity index (χ0v) is 16.3. The van der Waals surface area contributed by atoms with Gasteiger partial charge in [0.1, 0.15) is 12.4 Å². The fraction of sp³-hybridized carbons (Fsp3) is 0.227. The number of rotatable bonds is 6. The summed E-state index contributed by atoms with van der Waals surface area (Å²) in [4.78, 5) is 39.4. The number of carbonyl (C=O) groups excluding carboxylic acids is 1. The molecule has 0 aliphatic heterocycles. The van der Waals surface area contributed by atoms with Gasteiger partial charge in [-0.1, -0.05) is 36.4 Å². The minimum Gasteiger partial charge on any atom is -0.337 e. The first-order chi connectivity index (χ1) is 13.9. The van der Waals surface area contributed by atoms with E-state index in [0.29, 0.717) is 24.3 Å². The minimum absolute atomic E-state index is 0.238. The van der Waals surface area contributed by atoms with Gasteiger partial charge < -0.3 is 4.90 Å². The van der Waals surface area contributed by atoms with Crippen molar-refractivity contribution >= 4 is 5.91 Å². The Bertz CT molecular complexity index is 1140. The molecule has 7 heteroatoms. The van der Waals surface area contributed by atoms with Crippen molar-refractivity contribution in [3.63, 3.8) is 0 Å². The Morgan fingerprint density at radius 1 is 1.03 bits per heavy atom. The van der Waals surface area contributed by atoms with Gasteiger partial charge in [-0.05, 0) is 37.1 Å². The molecule has 0 aliphatic carbocycles. The van der Waals surface area contributed by atoms with E-state index < -0.39 is 16.9 Å². The maximum atomic E-state index is 13.6. The minimum atomic E-state index is -0.833. The van der Waals surface area contributed by atoms with Crippen LogP contribution < -0.4 is 11.1 Å². The van der Waals surface area contributed by atoms with Crippen LogP contribution in [0.25, 0.3) is 5.69 Å². The fourth-order valence-corrected chi connectivity index (χ4v) is 3.09. The van der Waals surface area contributed by atoms with Crippen LogP contribution in [0.5, 0.6) is 0 Å². The summed E-state index contributed by atoms with van der Waals surface area (Å²) < 4.78 is 15.8. The Kier molecular flexibility index (Phi) is 6.07. The van der Waals surface area contributed by atoms with Crippen molar-refractivity contribution in [3.8, 4) is 5.69 Å². The van der Waals surface area contributed by atoms with Crippen LogP contribution in [0.15, 0.2) is 70.5 Å². The normalized spacial score (nSPS) is 10.7. The molecule has 3 aromatic rings. The molecule has 0 unspecified atom stereocenters. The summed E-state index contributed by atoms with van der Waals surface area (Å²) in [6.07, 6.45) is 2.76. The number of aromatic nitrogens is 2. The lowest BCUT2D eigenvalue weighted by molar-refractivity contribution is -0.132. The van der Waals surface area contributed by atoms with E-state index in [1.165, 1.54) is 30.6 Å². The standard InChI is InChI=1S/C22H22FN3O3/c1-3-24(14-17-7-5-4-6-8-17)20(27)15-25-11-12-26(22(29)21(25)28)19-13-18(23)10-9-16(19)2/h4-13H,3,14-15H2,1-2H3. The number of nitrogens with zero attached hydrogens (tertiary/aromatic N) is 3. The van der Waals surface area contributed by atoms with Gasteiger partial charge in [0.05, 0.1) is 5.69 Å². The van der Waals surface area contributed by atoms with Crippen LogP contribution >= 0.6 is 0 Å². The van der Waals surface area contributed by atoms with Gasteiger partial charge in [0.15, 0.2) is 0 Å². The molecule has 0 spiro atoms. The number of amides is 1. The second-order valence-electron chi connectivity index (χ2n) is 6.73. The highest BCUT2D eigenvalue weighted by Gasteiger charge is 2.16. The summed E-state index contributed by atoms with van der Waals surface area (Å²) in [5.41, 5.74) is 0.263. The van der Waals surface area contributed by atoms with Crippen molar-refractivity contribution in [1.29, 1.82) is 0 Å². The van der Waals surface area contributed by atoms with Crippen LogP contribution in [-0.4, -0.2) is 26.5 Å². The molecule has 150 valence electrons. The molecule has 1 aromatic heterocycles. The number of aryl methyl sites for hydroxylation is 1. The van der Waals surface area contributed by atoms with Crippen LogP contribution in [-0.2, 0) is 17.9 Å². The highest BCUT2D eigenvalue weighted by atomic mass is 19.1. The van der Waals surface area contributed by atoms with Crippen LogP contribution in [0.1, 0.15) is 18.1 Å².